The number of rotatable bonds is 10. The Morgan fingerprint density at radius 3 is 2.12 bits per heavy atom. The topological polar surface area (TPSA) is 32.7 Å². The van der Waals surface area contributed by atoms with Crippen molar-refractivity contribution in [2.75, 3.05) is 19.7 Å². The summed E-state index contributed by atoms with van der Waals surface area (Å²) in [5.41, 5.74) is -0.507. The monoisotopic (exact) mass is 519 g/mol. The first kappa shape index (κ1) is 28.1. The molecule has 1 N–H and O–H groups in total. The molecule has 2 unspecified atom stereocenters. The molecule has 0 amide bonds. The Labute approximate surface area is 195 Å². The second kappa shape index (κ2) is 11.1. The first-order valence-electron chi connectivity index (χ1n) is 9.95. The van der Waals surface area contributed by atoms with Gasteiger partial charge in [-0.3, -0.25) is 4.90 Å². The summed E-state index contributed by atoms with van der Waals surface area (Å²) in [5.74, 6) is -3.62. The highest BCUT2D eigenvalue weighted by atomic mass is 35.5. The second-order valence-electron chi connectivity index (χ2n) is 7.75. The molecule has 0 saturated heterocycles. The Morgan fingerprint density at radius 2 is 1.59 bits per heavy atom. The fourth-order valence-electron chi connectivity index (χ4n) is 3.03. The molecule has 0 heterocycles. The maximum absolute atomic E-state index is 14.6. The highest BCUT2D eigenvalue weighted by Gasteiger charge is 2.41. The van der Waals surface area contributed by atoms with E-state index < -0.39 is 56.2 Å². The molecule has 190 valence electrons. The van der Waals surface area contributed by atoms with Crippen LogP contribution in [0.3, 0.4) is 0 Å². The third kappa shape index (κ3) is 8.92. The molecule has 3 nitrogen and oxygen atoms in total. The quantitative estimate of drug-likeness (QED) is 0.289. The number of hydrogen-bond acceptors (Lipinski definition) is 3. The number of benzene rings is 2. The van der Waals surface area contributed by atoms with Crippen LogP contribution in [0.4, 0.5) is 35.1 Å². The van der Waals surface area contributed by atoms with Gasteiger partial charge in [-0.2, -0.15) is 26.3 Å². The van der Waals surface area contributed by atoms with Crippen LogP contribution in [-0.2, 0) is 12.7 Å². The molecule has 0 aliphatic rings. The number of ether oxygens (including phenoxy) is 1. The Hall–Kier alpha value is -2.11. The maximum atomic E-state index is 14.6. The van der Waals surface area contributed by atoms with Crippen molar-refractivity contribution in [1.29, 1.82) is 0 Å². The van der Waals surface area contributed by atoms with E-state index >= 15 is 0 Å². The van der Waals surface area contributed by atoms with E-state index in [4.69, 9.17) is 16.3 Å². The molecule has 0 spiro atoms. The molecule has 0 aliphatic carbocycles. The molecule has 2 atom stereocenters. The highest BCUT2D eigenvalue weighted by molar-refractivity contribution is 6.20. The van der Waals surface area contributed by atoms with Crippen molar-refractivity contribution in [3.8, 4) is 5.75 Å². The summed E-state index contributed by atoms with van der Waals surface area (Å²) >= 11 is 5.91. The first-order valence-corrected chi connectivity index (χ1v) is 10.4. The van der Waals surface area contributed by atoms with E-state index in [-0.39, 0.29) is 16.7 Å². The SMILES string of the molecule is CC(Cl)c1ccc(OCC(F)(F)CN(Cc2cccc(C(F)(F)F)c2)CC(O)C(F)(F)F)cc1. The van der Waals surface area contributed by atoms with Crippen LogP contribution < -0.4 is 4.74 Å². The summed E-state index contributed by atoms with van der Waals surface area (Å²) in [6.45, 7) is -2.75. The highest BCUT2D eigenvalue weighted by Crippen LogP contribution is 2.31. The van der Waals surface area contributed by atoms with Gasteiger partial charge in [0, 0.05) is 13.1 Å². The normalized spacial score (nSPS) is 14.8. The van der Waals surface area contributed by atoms with Crippen molar-refractivity contribution < 1.29 is 45.0 Å². The molecule has 0 bridgehead atoms. The lowest BCUT2D eigenvalue weighted by molar-refractivity contribution is -0.211. The van der Waals surface area contributed by atoms with Gasteiger partial charge in [-0.1, -0.05) is 30.3 Å². The van der Waals surface area contributed by atoms with Crippen molar-refractivity contribution >= 4 is 11.6 Å². The summed E-state index contributed by atoms with van der Waals surface area (Å²) < 4.78 is 111. The molecule has 2 aromatic rings. The Bertz CT molecular complexity index is 916. The smallest absolute Gasteiger partial charge is 0.416 e. The molecule has 0 saturated carbocycles. The van der Waals surface area contributed by atoms with Gasteiger partial charge in [-0.15, -0.1) is 11.6 Å². The molecule has 2 rings (SSSR count). The number of aliphatic hydroxyl groups is 1. The van der Waals surface area contributed by atoms with Gasteiger partial charge in [0.05, 0.1) is 17.5 Å². The average molecular weight is 520 g/mol. The van der Waals surface area contributed by atoms with Crippen LogP contribution in [0, 0.1) is 0 Å². The van der Waals surface area contributed by atoms with Gasteiger partial charge in [0.1, 0.15) is 5.75 Å². The van der Waals surface area contributed by atoms with Gasteiger partial charge in [-0.25, -0.2) is 8.78 Å². The van der Waals surface area contributed by atoms with Crippen molar-refractivity contribution in [1.82, 2.24) is 4.90 Å². The lowest BCUT2D eigenvalue weighted by Gasteiger charge is -2.30. The predicted octanol–water partition coefficient (Wildman–Crippen LogP) is 6.44. The number of hydrogen-bond donors (Lipinski definition) is 1. The van der Waals surface area contributed by atoms with Crippen LogP contribution in [0.15, 0.2) is 48.5 Å². The number of nitrogens with zero attached hydrogens (tertiary/aromatic N) is 1. The molecule has 2 aromatic carbocycles. The second-order valence-corrected chi connectivity index (χ2v) is 8.41. The Kier molecular flexibility index (Phi) is 9.17. The molecule has 12 heteroatoms. The van der Waals surface area contributed by atoms with Crippen LogP contribution in [0.2, 0.25) is 0 Å². The molecule has 0 radical (unpaired) electrons. The van der Waals surface area contributed by atoms with Crippen LogP contribution in [0.5, 0.6) is 5.75 Å². The maximum Gasteiger partial charge on any atom is 0.416 e. The van der Waals surface area contributed by atoms with Gasteiger partial charge in [0.2, 0.25) is 0 Å². The zero-order valence-corrected chi connectivity index (χ0v) is 18.6. The van der Waals surface area contributed by atoms with E-state index in [1.807, 2.05) is 0 Å². The summed E-state index contributed by atoms with van der Waals surface area (Å²) in [6, 6.07) is 9.50. The fourth-order valence-corrected chi connectivity index (χ4v) is 3.17. The minimum absolute atomic E-state index is 0.0699. The zero-order chi connectivity index (χ0) is 25.7. The number of alkyl halides is 9. The molecular formula is C22H22ClF8NO2. The minimum atomic E-state index is -5.10. The number of halogens is 9. The van der Waals surface area contributed by atoms with Gasteiger partial charge < -0.3 is 9.84 Å². The van der Waals surface area contributed by atoms with Gasteiger partial charge >= 0.3 is 12.4 Å². The summed E-state index contributed by atoms with van der Waals surface area (Å²) in [7, 11) is 0. The van der Waals surface area contributed by atoms with Crippen LogP contribution in [-0.4, -0.2) is 47.9 Å². The van der Waals surface area contributed by atoms with Crippen molar-refractivity contribution in [2.24, 2.45) is 0 Å². The predicted molar refractivity (Wildman–Crippen MR) is 110 cm³/mol. The molecule has 0 aromatic heterocycles. The fraction of sp³-hybridized carbons (Fsp3) is 0.455. The van der Waals surface area contributed by atoms with Crippen molar-refractivity contribution in [2.45, 2.75) is 43.2 Å². The van der Waals surface area contributed by atoms with E-state index in [0.29, 0.717) is 16.5 Å². The molecule has 34 heavy (non-hydrogen) atoms. The van der Waals surface area contributed by atoms with Crippen LogP contribution in [0.1, 0.15) is 29.0 Å². The summed E-state index contributed by atoms with van der Waals surface area (Å²) in [5, 5.41) is 9.04. The van der Waals surface area contributed by atoms with E-state index in [0.717, 1.165) is 18.2 Å². The first-order chi connectivity index (χ1) is 15.6. The number of aliphatic hydroxyl groups excluding tert-OH is 1. The zero-order valence-electron chi connectivity index (χ0n) is 17.8. The van der Waals surface area contributed by atoms with Crippen LogP contribution >= 0.6 is 11.6 Å². The third-order valence-electron chi connectivity index (χ3n) is 4.71. The lowest BCUT2D eigenvalue weighted by Crippen LogP contribution is -2.46. The van der Waals surface area contributed by atoms with Crippen molar-refractivity contribution in [3.63, 3.8) is 0 Å². The summed E-state index contributed by atoms with van der Waals surface area (Å²) in [4.78, 5) is 0.537. The van der Waals surface area contributed by atoms with Gasteiger partial charge in [0.15, 0.2) is 12.7 Å². The average Bonchev–Trinajstić information content (AvgIpc) is 2.71. The van der Waals surface area contributed by atoms with Gasteiger partial charge in [-0.05, 0) is 36.2 Å². The Balaban J connectivity index is 2.14. The third-order valence-corrected chi connectivity index (χ3v) is 4.97. The van der Waals surface area contributed by atoms with E-state index in [2.05, 4.69) is 0 Å². The summed E-state index contributed by atoms with van der Waals surface area (Å²) in [6.07, 6.45) is -12.8. The standard InChI is InChI=1S/C22H22ClF8NO2/c1-14(23)16-5-7-18(8-6-16)34-13-20(24,25)12-32(11-19(33)22(29,30)31)10-15-3-2-4-17(9-15)21(26,27)28/h2-9,14,19,33H,10-13H2,1H3. The largest absolute Gasteiger partial charge is 0.487 e. The van der Waals surface area contributed by atoms with E-state index in [1.165, 1.54) is 12.1 Å². The molecule has 0 aliphatic heterocycles. The van der Waals surface area contributed by atoms with Gasteiger partial charge in [0.25, 0.3) is 5.92 Å². The Morgan fingerprint density at radius 1 is 0.971 bits per heavy atom. The lowest BCUT2D eigenvalue weighted by atomic mass is 10.1. The molecular weight excluding hydrogens is 498 g/mol. The molecule has 0 fully saturated rings. The van der Waals surface area contributed by atoms with Crippen LogP contribution in [0.25, 0.3) is 0 Å². The minimum Gasteiger partial charge on any atom is -0.487 e. The van der Waals surface area contributed by atoms with E-state index in [1.54, 1.807) is 19.1 Å². The van der Waals surface area contributed by atoms with E-state index in [9.17, 15) is 40.2 Å². The van der Waals surface area contributed by atoms with Crippen molar-refractivity contribution in [3.05, 3.63) is 65.2 Å².